The van der Waals surface area contributed by atoms with Gasteiger partial charge in [0.15, 0.2) is 0 Å². The number of pyridine rings is 1. The number of hydrogen-bond donors (Lipinski definition) is 1. The third-order valence-electron chi connectivity index (χ3n) is 1.61. The van der Waals surface area contributed by atoms with Crippen molar-refractivity contribution in [3.05, 3.63) is 36.5 Å². The van der Waals surface area contributed by atoms with E-state index in [1.54, 1.807) is 6.20 Å². The van der Waals surface area contributed by atoms with Gasteiger partial charge in [0.05, 0.1) is 17.4 Å². The fraction of sp³-hybridized carbons (Fsp3) is 0.182. The van der Waals surface area contributed by atoms with Gasteiger partial charge in [0.25, 0.3) is 0 Å². The zero-order chi connectivity index (χ0) is 9.68. The van der Waals surface area contributed by atoms with Crippen molar-refractivity contribution in [1.82, 2.24) is 4.98 Å². The molecule has 1 heterocycles. The third-order valence-corrected chi connectivity index (χ3v) is 1.61. The zero-order valence-corrected chi connectivity index (χ0v) is 7.99. The highest BCUT2D eigenvalue weighted by Gasteiger charge is 1.91. The van der Waals surface area contributed by atoms with E-state index in [0.29, 0.717) is 5.69 Å². The van der Waals surface area contributed by atoms with Gasteiger partial charge in [-0.05, 0) is 12.1 Å². The summed E-state index contributed by atoms with van der Waals surface area (Å²) in [6.45, 7) is 4.00. The first-order chi connectivity index (χ1) is 6.36. The molecule has 0 saturated carbocycles. The Balaban J connectivity index is 0.000000396. The molecule has 2 nitrogen and oxygen atoms in total. The lowest BCUT2D eigenvalue weighted by atomic mass is 10.2. The molecule has 0 amide bonds. The number of aromatic nitrogens is 1. The highest BCUT2D eigenvalue weighted by molar-refractivity contribution is 5.80. The minimum atomic E-state index is 0.712. The van der Waals surface area contributed by atoms with E-state index in [1.165, 1.54) is 0 Å². The molecule has 0 saturated heterocycles. The molecule has 0 aliphatic rings. The van der Waals surface area contributed by atoms with Crippen molar-refractivity contribution in [3.8, 4) is 0 Å². The zero-order valence-electron chi connectivity index (χ0n) is 7.99. The van der Waals surface area contributed by atoms with E-state index < -0.39 is 0 Å². The van der Waals surface area contributed by atoms with Gasteiger partial charge in [-0.1, -0.05) is 32.0 Å². The molecule has 2 heteroatoms. The number of anilines is 1. The van der Waals surface area contributed by atoms with E-state index in [1.807, 2.05) is 44.2 Å². The Bertz CT molecular complexity index is 383. The summed E-state index contributed by atoms with van der Waals surface area (Å²) in [5.74, 6) is 0. The molecule has 0 unspecified atom stereocenters. The monoisotopic (exact) mass is 174 g/mol. The van der Waals surface area contributed by atoms with Crippen LogP contribution < -0.4 is 5.73 Å². The normalized spacial score (nSPS) is 9.08. The van der Waals surface area contributed by atoms with Crippen LogP contribution in [0.15, 0.2) is 36.5 Å². The molecule has 0 aliphatic carbocycles. The minimum absolute atomic E-state index is 0.712. The van der Waals surface area contributed by atoms with Gasteiger partial charge in [-0.25, -0.2) is 0 Å². The maximum atomic E-state index is 5.56. The molecule has 0 spiro atoms. The summed E-state index contributed by atoms with van der Waals surface area (Å²) in [5.41, 5.74) is 7.26. The van der Waals surface area contributed by atoms with Crippen molar-refractivity contribution in [2.24, 2.45) is 0 Å². The lowest BCUT2D eigenvalue weighted by molar-refractivity contribution is 1.41. The van der Waals surface area contributed by atoms with Gasteiger partial charge >= 0.3 is 0 Å². The van der Waals surface area contributed by atoms with Crippen molar-refractivity contribution >= 4 is 16.6 Å². The first-order valence-electron chi connectivity index (χ1n) is 4.46. The molecular formula is C11H14N2. The van der Waals surface area contributed by atoms with Gasteiger partial charge in [0, 0.05) is 5.39 Å². The smallest absolute Gasteiger partial charge is 0.0703 e. The molecule has 0 bridgehead atoms. The van der Waals surface area contributed by atoms with E-state index >= 15 is 0 Å². The van der Waals surface area contributed by atoms with Crippen molar-refractivity contribution in [2.75, 3.05) is 5.73 Å². The standard InChI is InChI=1S/C9H8N2.C2H6/c10-8-5-7-3-1-2-4-9(7)11-6-8;1-2/h1-6H,10H2;1-2H3. The summed E-state index contributed by atoms with van der Waals surface area (Å²) >= 11 is 0. The molecular weight excluding hydrogens is 160 g/mol. The Kier molecular flexibility index (Phi) is 3.26. The van der Waals surface area contributed by atoms with Crippen LogP contribution in [0.1, 0.15) is 13.8 Å². The molecule has 0 aliphatic heterocycles. The predicted molar refractivity (Wildman–Crippen MR) is 57.5 cm³/mol. The Hall–Kier alpha value is -1.57. The van der Waals surface area contributed by atoms with Gasteiger partial charge in [0.1, 0.15) is 0 Å². The first-order valence-corrected chi connectivity index (χ1v) is 4.46. The molecule has 0 fully saturated rings. The second kappa shape index (κ2) is 4.45. The highest BCUT2D eigenvalue weighted by Crippen LogP contribution is 2.12. The Morgan fingerprint density at radius 2 is 1.85 bits per heavy atom. The predicted octanol–water partition coefficient (Wildman–Crippen LogP) is 2.84. The number of fused-ring (bicyclic) bond motifs is 1. The second-order valence-electron chi connectivity index (χ2n) is 2.46. The first kappa shape index (κ1) is 9.52. The molecule has 2 aromatic rings. The van der Waals surface area contributed by atoms with Crippen LogP contribution in [-0.2, 0) is 0 Å². The van der Waals surface area contributed by atoms with Crippen LogP contribution in [0.5, 0.6) is 0 Å². The molecule has 0 radical (unpaired) electrons. The van der Waals surface area contributed by atoms with Crippen molar-refractivity contribution < 1.29 is 0 Å². The molecule has 13 heavy (non-hydrogen) atoms. The SMILES string of the molecule is CC.Nc1cnc2ccccc2c1. The number of nitrogens with two attached hydrogens (primary N) is 1. The lowest BCUT2D eigenvalue weighted by Crippen LogP contribution is -1.85. The van der Waals surface area contributed by atoms with Crippen molar-refractivity contribution in [2.45, 2.75) is 13.8 Å². The molecule has 1 aromatic heterocycles. The number of hydrogen-bond acceptors (Lipinski definition) is 2. The van der Waals surface area contributed by atoms with Gasteiger partial charge < -0.3 is 5.73 Å². The molecule has 2 N–H and O–H groups in total. The van der Waals surface area contributed by atoms with E-state index in [2.05, 4.69) is 4.98 Å². The maximum absolute atomic E-state index is 5.56. The van der Waals surface area contributed by atoms with E-state index in [4.69, 9.17) is 5.73 Å². The Labute approximate surface area is 78.4 Å². The fourth-order valence-electron chi connectivity index (χ4n) is 1.09. The topological polar surface area (TPSA) is 38.9 Å². The third kappa shape index (κ3) is 2.18. The average Bonchev–Trinajstić information content (AvgIpc) is 2.21. The van der Waals surface area contributed by atoms with E-state index in [-0.39, 0.29) is 0 Å². The van der Waals surface area contributed by atoms with Gasteiger partial charge in [-0.15, -0.1) is 0 Å². The van der Waals surface area contributed by atoms with Crippen LogP contribution in [0.3, 0.4) is 0 Å². The van der Waals surface area contributed by atoms with Crippen LogP contribution in [0.25, 0.3) is 10.9 Å². The van der Waals surface area contributed by atoms with Crippen molar-refractivity contribution in [3.63, 3.8) is 0 Å². The number of benzene rings is 1. The largest absolute Gasteiger partial charge is 0.397 e. The lowest BCUT2D eigenvalue weighted by Gasteiger charge is -1.95. The summed E-state index contributed by atoms with van der Waals surface area (Å²) in [6.07, 6.45) is 1.67. The molecule has 68 valence electrons. The van der Waals surface area contributed by atoms with Crippen LogP contribution >= 0.6 is 0 Å². The van der Waals surface area contributed by atoms with Gasteiger partial charge in [0.2, 0.25) is 0 Å². The van der Waals surface area contributed by atoms with Crippen LogP contribution in [-0.4, -0.2) is 4.98 Å². The summed E-state index contributed by atoms with van der Waals surface area (Å²) in [7, 11) is 0. The van der Waals surface area contributed by atoms with E-state index in [0.717, 1.165) is 10.9 Å². The summed E-state index contributed by atoms with van der Waals surface area (Å²) in [5, 5.41) is 1.09. The van der Waals surface area contributed by atoms with E-state index in [9.17, 15) is 0 Å². The highest BCUT2D eigenvalue weighted by atomic mass is 14.7. The van der Waals surface area contributed by atoms with Crippen LogP contribution in [0.4, 0.5) is 5.69 Å². The minimum Gasteiger partial charge on any atom is -0.397 e. The summed E-state index contributed by atoms with van der Waals surface area (Å²) < 4.78 is 0. The Morgan fingerprint density at radius 1 is 1.15 bits per heavy atom. The average molecular weight is 174 g/mol. The summed E-state index contributed by atoms with van der Waals surface area (Å²) in [4.78, 5) is 4.16. The quantitative estimate of drug-likeness (QED) is 0.667. The molecule has 0 atom stereocenters. The maximum Gasteiger partial charge on any atom is 0.0703 e. The number of nitrogens with zero attached hydrogens (tertiary/aromatic N) is 1. The van der Waals surface area contributed by atoms with Gasteiger partial charge in [-0.3, -0.25) is 4.98 Å². The fourth-order valence-corrected chi connectivity index (χ4v) is 1.09. The Morgan fingerprint density at radius 3 is 2.62 bits per heavy atom. The van der Waals surface area contributed by atoms with Crippen molar-refractivity contribution in [1.29, 1.82) is 0 Å². The molecule has 2 rings (SSSR count). The van der Waals surface area contributed by atoms with Gasteiger partial charge in [-0.2, -0.15) is 0 Å². The number of nitrogen functional groups attached to an aromatic ring is 1. The van der Waals surface area contributed by atoms with Crippen LogP contribution in [0, 0.1) is 0 Å². The van der Waals surface area contributed by atoms with Crippen LogP contribution in [0.2, 0.25) is 0 Å². The number of rotatable bonds is 0. The number of para-hydroxylation sites is 1. The molecule has 1 aromatic carbocycles. The second-order valence-corrected chi connectivity index (χ2v) is 2.46. The summed E-state index contributed by atoms with van der Waals surface area (Å²) in [6, 6.07) is 9.82.